The van der Waals surface area contributed by atoms with Crippen molar-refractivity contribution in [3.05, 3.63) is 101 Å². The molecule has 0 unspecified atom stereocenters. The maximum Gasteiger partial charge on any atom is 0.324 e. The van der Waals surface area contributed by atoms with E-state index in [9.17, 15) is 9.59 Å². The van der Waals surface area contributed by atoms with Crippen LogP contribution in [-0.4, -0.2) is 59.2 Å². The summed E-state index contributed by atoms with van der Waals surface area (Å²) >= 11 is 0. The van der Waals surface area contributed by atoms with Crippen molar-refractivity contribution in [2.75, 3.05) is 48.3 Å². The van der Waals surface area contributed by atoms with E-state index in [1.54, 1.807) is 4.68 Å². The smallest absolute Gasteiger partial charge is 0.324 e. The Morgan fingerprint density at radius 3 is 2.19 bits per heavy atom. The molecule has 1 fully saturated rings. The minimum atomic E-state index is -0.301. The zero-order valence-electron chi connectivity index (χ0n) is 28.8. The number of piperidine rings is 1. The largest absolute Gasteiger partial charge is 0.372 e. The van der Waals surface area contributed by atoms with Crippen LogP contribution < -0.4 is 15.5 Å². The molecule has 5 rings (SSSR count). The van der Waals surface area contributed by atoms with Gasteiger partial charge in [-0.15, -0.1) is 0 Å². The van der Waals surface area contributed by atoms with Gasteiger partial charge in [-0.05, 0) is 107 Å². The minimum Gasteiger partial charge on any atom is -0.372 e. The summed E-state index contributed by atoms with van der Waals surface area (Å²) in [6, 6.07) is 25.8. The van der Waals surface area contributed by atoms with Crippen molar-refractivity contribution in [1.82, 2.24) is 14.7 Å². The number of carbonyl (C=O) groups is 2. The zero-order valence-corrected chi connectivity index (χ0v) is 28.8. The molecule has 0 saturated carbocycles. The summed E-state index contributed by atoms with van der Waals surface area (Å²) in [6.07, 6.45) is 2.90. The lowest BCUT2D eigenvalue weighted by atomic mass is 9.89. The van der Waals surface area contributed by atoms with Crippen LogP contribution in [0.1, 0.15) is 74.6 Å². The molecular formula is C39H50N6O2. The number of nitrogens with zero attached hydrogens (tertiary/aromatic N) is 4. The van der Waals surface area contributed by atoms with Gasteiger partial charge >= 0.3 is 6.03 Å². The number of rotatable bonds is 11. The lowest BCUT2D eigenvalue weighted by Crippen LogP contribution is -2.38. The number of hydrogen-bond donors (Lipinski definition) is 2. The van der Waals surface area contributed by atoms with E-state index in [-0.39, 0.29) is 17.2 Å². The van der Waals surface area contributed by atoms with Crippen LogP contribution in [0.4, 0.5) is 22.0 Å². The Morgan fingerprint density at radius 2 is 1.55 bits per heavy atom. The number of urea groups is 1. The summed E-state index contributed by atoms with van der Waals surface area (Å²) in [5.74, 6) is 1.28. The molecule has 8 nitrogen and oxygen atoms in total. The van der Waals surface area contributed by atoms with Gasteiger partial charge in [-0.3, -0.25) is 15.0 Å². The lowest BCUT2D eigenvalue weighted by Gasteiger charge is -2.32. The summed E-state index contributed by atoms with van der Waals surface area (Å²) in [5.41, 5.74) is 6.64. The van der Waals surface area contributed by atoms with Gasteiger partial charge in [0.25, 0.3) is 0 Å². The Kier molecular flexibility index (Phi) is 10.8. The van der Waals surface area contributed by atoms with Crippen LogP contribution in [0.3, 0.4) is 0 Å². The van der Waals surface area contributed by atoms with E-state index < -0.39 is 0 Å². The molecule has 1 saturated heterocycles. The molecule has 47 heavy (non-hydrogen) atoms. The first kappa shape index (κ1) is 33.9. The highest BCUT2D eigenvalue weighted by Crippen LogP contribution is 2.28. The van der Waals surface area contributed by atoms with E-state index in [0.717, 1.165) is 84.9 Å². The second kappa shape index (κ2) is 15.0. The van der Waals surface area contributed by atoms with Crippen LogP contribution >= 0.6 is 0 Å². The van der Waals surface area contributed by atoms with Gasteiger partial charge < -0.3 is 10.2 Å². The third-order valence-corrected chi connectivity index (χ3v) is 9.16. The number of aryl methyl sites for hydroxylation is 1. The van der Waals surface area contributed by atoms with Crippen molar-refractivity contribution < 1.29 is 9.59 Å². The number of Topliss-reactive ketones (excluding diaryl/α,β-unsaturated/α-hetero) is 1. The molecule has 1 aliphatic rings. The Bertz CT molecular complexity index is 1640. The molecule has 248 valence electrons. The number of aromatic nitrogens is 2. The van der Waals surface area contributed by atoms with Crippen LogP contribution in [0.15, 0.2) is 78.9 Å². The van der Waals surface area contributed by atoms with Crippen molar-refractivity contribution in [3.8, 4) is 5.69 Å². The van der Waals surface area contributed by atoms with Crippen molar-refractivity contribution >= 4 is 29.0 Å². The van der Waals surface area contributed by atoms with Crippen LogP contribution in [0.25, 0.3) is 5.69 Å². The van der Waals surface area contributed by atoms with Crippen LogP contribution in [0, 0.1) is 12.8 Å². The van der Waals surface area contributed by atoms with Crippen LogP contribution in [-0.2, 0) is 11.8 Å². The van der Waals surface area contributed by atoms with E-state index in [1.807, 2.05) is 60.7 Å². The minimum absolute atomic E-state index is 0.172. The number of likely N-dealkylation sites (tertiary alicyclic amines) is 1. The van der Waals surface area contributed by atoms with Crippen LogP contribution in [0.2, 0.25) is 0 Å². The van der Waals surface area contributed by atoms with E-state index in [1.165, 1.54) is 0 Å². The van der Waals surface area contributed by atoms with Crippen molar-refractivity contribution in [1.29, 1.82) is 0 Å². The highest BCUT2D eigenvalue weighted by atomic mass is 16.2. The van der Waals surface area contributed by atoms with Gasteiger partial charge in [-0.1, -0.05) is 56.7 Å². The number of hydrogen-bond acceptors (Lipinski definition) is 5. The SMILES string of the molecule is CCN(CC)c1ccc(C(=O)CN2CCC(Cc3ccccc3NC(=O)Nc3cc(C(C)(C)C)nn3-c3ccc(C)cc3)CC2)cc1. The molecule has 1 aromatic heterocycles. The Labute approximate surface area is 280 Å². The maximum absolute atomic E-state index is 13.4. The van der Waals surface area contributed by atoms with E-state index in [2.05, 4.69) is 80.2 Å². The number of nitrogens with one attached hydrogen (secondary N) is 2. The standard InChI is InChI=1S/C39H50N6O2/c1-7-44(8-2)32-19-15-30(16-20-32)35(46)27-43-23-21-29(22-24-43)25-31-11-9-10-12-34(31)40-38(47)41-37-26-36(39(4,5)6)42-45(37)33-17-13-28(3)14-18-33/h9-20,26,29H,7-8,21-25,27H2,1-6H3,(H2,40,41,47). The molecule has 3 aromatic carbocycles. The van der Waals surface area contributed by atoms with E-state index in [0.29, 0.717) is 18.3 Å². The summed E-state index contributed by atoms with van der Waals surface area (Å²) in [5, 5.41) is 11.0. The Morgan fingerprint density at radius 1 is 0.894 bits per heavy atom. The number of amides is 2. The molecule has 0 bridgehead atoms. The third kappa shape index (κ3) is 8.69. The van der Waals surface area contributed by atoms with E-state index in [4.69, 9.17) is 5.10 Å². The van der Waals surface area contributed by atoms with Crippen molar-refractivity contribution in [2.45, 2.75) is 66.2 Å². The van der Waals surface area contributed by atoms with Crippen molar-refractivity contribution in [2.24, 2.45) is 5.92 Å². The van der Waals surface area contributed by atoms with E-state index >= 15 is 0 Å². The molecule has 2 amide bonds. The van der Waals surface area contributed by atoms with Gasteiger partial charge in [-0.2, -0.15) is 5.10 Å². The number of benzene rings is 3. The second-order valence-electron chi connectivity index (χ2n) is 13.7. The van der Waals surface area contributed by atoms with Gasteiger partial charge in [0.15, 0.2) is 5.78 Å². The molecule has 1 aliphatic heterocycles. The maximum atomic E-state index is 13.4. The highest BCUT2D eigenvalue weighted by Gasteiger charge is 2.24. The average molecular weight is 635 g/mol. The predicted octanol–water partition coefficient (Wildman–Crippen LogP) is 8.11. The number of anilines is 3. The first-order valence-corrected chi connectivity index (χ1v) is 17.0. The molecule has 8 heteroatoms. The average Bonchev–Trinajstić information content (AvgIpc) is 3.48. The predicted molar refractivity (Wildman–Crippen MR) is 193 cm³/mol. The topological polar surface area (TPSA) is 82.5 Å². The number of para-hydroxylation sites is 1. The molecular weight excluding hydrogens is 584 g/mol. The highest BCUT2D eigenvalue weighted by molar-refractivity contribution is 6.00. The van der Waals surface area contributed by atoms with Gasteiger partial charge in [0, 0.05) is 41.5 Å². The van der Waals surface area contributed by atoms with Crippen molar-refractivity contribution in [3.63, 3.8) is 0 Å². The van der Waals surface area contributed by atoms with Gasteiger partial charge in [0.1, 0.15) is 5.82 Å². The summed E-state index contributed by atoms with van der Waals surface area (Å²) in [7, 11) is 0. The van der Waals surface area contributed by atoms with Gasteiger partial charge in [0.2, 0.25) is 0 Å². The Balaban J connectivity index is 1.17. The summed E-state index contributed by atoms with van der Waals surface area (Å²) in [6.45, 7) is 16.8. The lowest BCUT2D eigenvalue weighted by molar-refractivity contribution is 0.0895. The summed E-state index contributed by atoms with van der Waals surface area (Å²) < 4.78 is 1.80. The normalized spacial score (nSPS) is 14.2. The number of carbonyl (C=O) groups excluding carboxylic acids is 2. The molecule has 4 aromatic rings. The molecule has 0 spiro atoms. The third-order valence-electron chi connectivity index (χ3n) is 9.16. The Hall–Kier alpha value is -4.43. The zero-order chi connectivity index (χ0) is 33.6. The fourth-order valence-corrected chi connectivity index (χ4v) is 6.21. The quantitative estimate of drug-likeness (QED) is 0.163. The molecule has 0 aliphatic carbocycles. The fourth-order valence-electron chi connectivity index (χ4n) is 6.21. The second-order valence-corrected chi connectivity index (χ2v) is 13.7. The molecule has 2 heterocycles. The number of ketones is 1. The summed E-state index contributed by atoms with van der Waals surface area (Å²) in [4.78, 5) is 31.0. The monoisotopic (exact) mass is 634 g/mol. The first-order valence-electron chi connectivity index (χ1n) is 17.0. The first-order chi connectivity index (χ1) is 22.5. The van der Waals surface area contributed by atoms with Gasteiger partial charge in [0.05, 0.1) is 17.9 Å². The van der Waals surface area contributed by atoms with Crippen LogP contribution in [0.5, 0.6) is 0 Å². The molecule has 0 radical (unpaired) electrons. The fraction of sp³-hybridized carbons (Fsp3) is 0.410. The molecule has 2 N–H and O–H groups in total. The van der Waals surface area contributed by atoms with Gasteiger partial charge in [-0.25, -0.2) is 9.48 Å². The molecule has 0 atom stereocenters.